The Balaban J connectivity index is 1.77. The van der Waals surface area contributed by atoms with E-state index in [9.17, 15) is 4.79 Å². The number of nitrogens with one attached hydrogen (secondary N) is 1. The van der Waals surface area contributed by atoms with Gasteiger partial charge in [-0.2, -0.15) is 0 Å². The number of carbonyl (C=O) groups is 1. The van der Waals surface area contributed by atoms with E-state index in [0.717, 1.165) is 29.0 Å². The molecular weight excluding hydrogens is 326 g/mol. The summed E-state index contributed by atoms with van der Waals surface area (Å²) in [5, 5.41) is 3.18. The van der Waals surface area contributed by atoms with Gasteiger partial charge in [0.25, 0.3) is 5.91 Å². The molecule has 26 heavy (non-hydrogen) atoms. The van der Waals surface area contributed by atoms with Crippen LogP contribution in [0.5, 0.6) is 11.5 Å². The van der Waals surface area contributed by atoms with Crippen LogP contribution in [0.25, 0.3) is 0 Å². The van der Waals surface area contributed by atoms with Gasteiger partial charge in [0, 0.05) is 12.0 Å². The summed E-state index contributed by atoms with van der Waals surface area (Å²) in [5.41, 5.74) is 1.72. The van der Waals surface area contributed by atoms with Gasteiger partial charge in [0.2, 0.25) is 0 Å². The van der Waals surface area contributed by atoms with Gasteiger partial charge in [0.05, 0.1) is 6.04 Å². The molecule has 4 heteroatoms. The number of para-hydroxylation sites is 2. The van der Waals surface area contributed by atoms with Crippen LogP contribution in [-0.2, 0) is 4.79 Å². The van der Waals surface area contributed by atoms with E-state index in [4.69, 9.17) is 9.47 Å². The van der Waals surface area contributed by atoms with Crippen LogP contribution in [0.4, 0.5) is 0 Å². The molecule has 2 aromatic rings. The highest BCUT2D eigenvalue weighted by Gasteiger charge is 2.35. The van der Waals surface area contributed by atoms with Gasteiger partial charge in [-0.25, -0.2) is 0 Å². The Labute approximate surface area is 155 Å². The molecule has 0 aromatic heterocycles. The molecule has 138 valence electrons. The summed E-state index contributed by atoms with van der Waals surface area (Å²) >= 11 is 0. The van der Waals surface area contributed by atoms with E-state index in [1.54, 1.807) is 0 Å². The monoisotopic (exact) mass is 353 g/mol. The van der Waals surface area contributed by atoms with Crippen molar-refractivity contribution in [2.45, 2.75) is 58.3 Å². The highest BCUT2D eigenvalue weighted by Crippen LogP contribution is 2.39. The topological polar surface area (TPSA) is 47.6 Å². The number of ether oxygens (including phenoxy) is 2. The lowest BCUT2D eigenvalue weighted by Gasteiger charge is -2.38. The molecule has 0 saturated heterocycles. The zero-order valence-electron chi connectivity index (χ0n) is 15.9. The van der Waals surface area contributed by atoms with E-state index in [-0.39, 0.29) is 17.6 Å². The first-order valence-electron chi connectivity index (χ1n) is 9.20. The summed E-state index contributed by atoms with van der Waals surface area (Å²) in [6.45, 7) is 8.04. The van der Waals surface area contributed by atoms with Crippen LogP contribution in [0.3, 0.4) is 0 Å². The zero-order valence-corrected chi connectivity index (χ0v) is 15.9. The van der Waals surface area contributed by atoms with E-state index in [1.807, 2.05) is 76.2 Å². The van der Waals surface area contributed by atoms with Crippen molar-refractivity contribution in [1.29, 1.82) is 0 Å². The van der Waals surface area contributed by atoms with Crippen molar-refractivity contribution in [2.24, 2.45) is 0 Å². The number of carbonyl (C=O) groups excluding carboxylic acids is 1. The maximum Gasteiger partial charge on any atom is 0.261 e. The van der Waals surface area contributed by atoms with Crippen LogP contribution in [0.2, 0.25) is 0 Å². The second kappa shape index (κ2) is 7.40. The minimum absolute atomic E-state index is 0.0861. The smallest absolute Gasteiger partial charge is 0.261 e. The molecule has 1 amide bonds. The molecule has 1 aliphatic heterocycles. The van der Waals surface area contributed by atoms with Crippen LogP contribution in [0.1, 0.15) is 50.8 Å². The van der Waals surface area contributed by atoms with E-state index in [2.05, 4.69) is 5.32 Å². The lowest BCUT2D eigenvalue weighted by Crippen LogP contribution is -2.45. The highest BCUT2D eigenvalue weighted by molar-refractivity contribution is 5.81. The third kappa shape index (κ3) is 4.01. The Morgan fingerprint density at radius 3 is 2.65 bits per heavy atom. The molecule has 0 radical (unpaired) electrons. The first-order chi connectivity index (χ1) is 12.4. The largest absolute Gasteiger partial charge is 0.487 e. The van der Waals surface area contributed by atoms with Crippen molar-refractivity contribution in [1.82, 2.24) is 5.32 Å². The molecule has 0 aliphatic carbocycles. The second-order valence-electron chi connectivity index (χ2n) is 7.45. The van der Waals surface area contributed by atoms with Crippen LogP contribution >= 0.6 is 0 Å². The van der Waals surface area contributed by atoms with Gasteiger partial charge < -0.3 is 14.8 Å². The predicted molar refractivity (Wildman–Crippen MR) is 103 cm³/mol. The standard InChI is InChI=1S/C22H27NO3/c1-5-18(25-19-12-8-6-10-15(19)2)21(24)23-17-14-22(3,4)26-20-13-9-7-11-16(17)20/h6-13,17-18H,5,14H2,1-4H3,(H,23,24). The number of hydrogen-bond acceptors (Lipinski definition) is 3. The Morgan fingerprint density at radius 2 is 1.92 bits per heavy atom. The Kier molecular flexibility index (Phi) is 5.21. The molecule has 0 spiro atoms. The highest BCUT2D eigenvalue weighted by atomic mass is 16.5. The predicted octanol–water partition coefficient (Wildman–Crippen LogP) is 4.57. The Morgan fingerprint density at radius 1 is 1.23 bits per heavy atom. The van der Waals surface area contributed by atoms with Crippen LogP contribution in [0, 0.1) is 6.92 Å². The third-order valence-electron chi connectivity index (χ3n) is 4.72. The fourth-order valence-electron chi connectivity index (χ4n) is 3.36. The molecule has 2 aromatic carbocycles. The maximum atomic E-state index is 12.9. The SMILES string of the molecule is CCC(Oc1ccccc1C)C(=O)NC1CC(C)(C)Oc2ccccc21. The number of amides is 1. The number of benzene rings is 2. The van der Waals surface area contributed by atoms with E-state index in [0.29, 0.717) is 6.42 Å². The molecule has 0 saturated carbocycles. The summed E-state index contributed by atoms with van der Waals surface area (Å²) in [4.78, 5) is 12.9. The van der Waals surface area contributed by atoms with Crippen molar-refractivity contribution in [3.8, 4) is 11.5 Å². The molecule has 1 heterocycles. The zero-order chi connectivity index (χ0) is 18.7. The molecule has 0 fully saturated rings. The average Bonchev–Trinajstić information content (AvgIpc) is 2.60. The first-order valence-corrected chi connectivity index (χ1v) is 9.20. The number of rotatable bonds is 5. The first kappa shape index (κ1) is 18.3. The summed E-state index contributed by atoms with van der Waals surface area (Å²) in [7, 11) is 0. The number of fused-ring (bicyclic) bond motifs is 1. The second-order valence-corrected chi connectivity index (χ2v) is 7.45. The van der Waals surface area contributed by atoms with Crippen molar-refractivity contribution >= 4 is 5.91 Å². The molecule has 1 N–H and O–H groups in total. The van der Waals surface area contributed by atoms with Crippen molar-refractivity contribution in [2.75, 3.05) is 0 Å². The number of aryl methyl sites for hydroxylation is 1. The molecule has 0 bridgehead atoms. The van der Waals surface area contributed by atoms with E-state index in [1.165, 1.54) is 0 Å². The van der Waals surface area contributed by atoms with Gasteiger partial charge in [-0.05, 0) is 44.9 Å². The van der Waals surface area contributed by atoms with Crippen molar-refractivity contribution in [3.05, 3.63) is 59.7 Å². The van der Waals surface area contributed by atoms with Gasteiger partial charge in [0.15, 0.2) is 6.10 Å². The minimum Gasteiger partial charge on any atom is -0.487 e. The normalized spacial score (nSPS) is 19.0. The molecule has 4 nitrogen and oxygen atoms in total. The van der Waals surface area contributed by atoms with Gasteiger partial charge in [-0.3, -0.25) is 4.79 Å². The number of hydrogen-bond donors (Lipinski definition) is 1. The lowest BCUT2D eigenvalue weighted by atomic mass is 9.89. The van der Waals surface area contributed by atoms with Gasteiger partial charge >= 0.3 is 0 Å². The van der Waals surface area contributed by atoms with Crippen molar-refractivity contribution in [3.63, 3.8) is 0 Å². The van der Waals surface area contributed by atoms with Crippen LogP contribution < -0.4 is 14.8 Å². The fraction of sp³-hybridized carbons (Fsp3) is 0.409. The van der Waals surface area contributed by atoms with Crippen LogP contribution in [0.15, 0.2) is 48.5 Å². The van der Waals surface area contributed by atoms with Gasteiger partial charge in [-0.1, -0.05) is 43.3 Å². The Hall–Kier alpha value is -2.49. The quantitative estimate of drug-likeness (QED) is 0.856. The van der Waals surface area contributed by atoms with Gasteiger partial charge in [-0.15, -0.1) is 0 Å². The summed E-state index contributed by atoms with van der Waals surface area (Å²) in [6.07, 6.45) is 0.805. The van der Waals surface area contributed by atoms with E-state index < -0.39 is 6.10 Å². The van der Waals surface area contributed by atoms with E-state index >= 15 is 0 Å². The molecule has 3 rings (SSSR count). The molecule has 2 atom stereocenters. The molecular formula is C22H27NO3. The van der Waals surface area contributed by atoms with Crippen LogP contribution in [-0.4, -0.2) is 17.6 Å². The summed E-state index contributed by atoms with van der Waals surface area (Å²) < 4.78 is 12.0. The average molecular weight is 353 g/mol. The summed E-state index contributed by atoms with van der Waals surface area (Å²) in [5.74, 6) is 1.50. The van der Waals surface area contributed by atoms with Crippen molar-refractivity contribution < 1.29 is 14.3 Å². The fourth-order valence-corrected chi connectivity index (χ4v) is 3.36. The third-order valence-corrected chi connectivity index (χ3v) is 4.72. The minimum atomic E-state index is -0.519. The maximum absolute atomic E-state index is 12.9. The lowest BCUT2D eigenvalue weighted by molar-refractivity contribution is -0.129. The summed E-state index contributed by atoms with van der Waals surface area (Å²) in [6, 6.07) is 15.6. The Bertz CT molecular complexity index is 784. The van der Waals surface area contributed by atoms with Gasteiger partial charge in [0.1, 0.15) is 17.1 Å². The molecule has 2 unspecified atom stereocenters. The molecule has 1 aliphatic rings.